The Morgan fingerprint density at radius 3 is 1.40 bits per heavy atom. The number of ether oxygens (including phenoxy) is 2. The molecule has 2 saturated heterocycles. The second kappa shape index (κ2) is 14.8. The molecule has 2 fully saturated rings. The van der Waals surface area contributed by atoms with Crippen LogP contribution in [0.1, 0.15) is 51.6 Å². The third-order valence-corrected chi connectivity index (χ3v) is 7.10. The zero-order valence-electron chi connectivity index (χ0n) is 23.6. The van der Waals surface area contributed by atoms with Crippen LogP contribution in [0.15, 0.2) is 36.4 Å². The van der Waals surface area contributed by atoms with Crippen molar-refractivity contribution in [2.24, 2.45) is 0 Å². The fraction of sp³-hybridized carbons (Fsp3) is 0.433. The van der Waals surface area contributed by atoms with Crippen LogP contribution in [-0.4, -0.2) is 110 Å². The molecule has 1 aliphatic carbocycles. The Balaban J connectivity index is 0.000000952. The lowest BCUT2D eigenvalue weighted by atomic mass is 9.83. The van der Waals surface area contributed by atoms with Gasteiger partial charge in [-0.05, 0) is 36.4 Å². The Bertz CT molecular complexity index is 1230. The summed E-state index contributed by atoms with van der Waals surface area (Å²) in [4.78, 5) is 64.8. The topological polar surface area (TPSA) is 155 Å². The first-order valence-electron chi connectivity index (χ1n) is 14.0. The van der Waals surface area contributed by atoms with E-state index < -0.39 is 5.97 Å². The molecule has 0 spiro atoms. The van der Waals surface area contributed by atoms with Crippen molar-refractivity contribution in [3.05, 3.63) is 58.7 Å². The number of hydrogen-bond donors (Lipinski definition) is 3. The molecule has 224 valence electrons. The smallest absolute Gasteiger partial charge is 0.300 e. The molecule has 0 atom stereocenters. The quantitative estimate of drug-likeness (QED) is 0.360. The standard InChI is InChI=1S/C28H32N4O6.C2H4O2/c33-25(5-7-31-9-13-37-14-10-31)29-19-1-3-21-23(17-19)28(36)22-4-2-20(18-24(22)27(21)35)30-26(34)6-8-32-11-15-38-16-12-32;1-2(3)4/h1-4,17-18H,5-16H2,(H,29,33)(H,30,34);1H3,(H,3,4). The van der Waals surface area contributed by atoms with Gasteiger partial charge >= 0.3 is 0 Å². The average Bonchev–Trinajstić information content (AvgIpc) is 2.98. The molecule has 0 bridgehead atoms. The molecule has 12 heteroatoms. The van der Waals surface area contributed by atoms with Crippen LogP contribution in [-0.2, 0) is 23.9 Å². The van der Waals surface area contributed by atoms with E-state index in [4.69, 9.17) is 19.4 Å². The summed E-state index contributed by atoms with van der Waals surface area (Å²) in [6.07, 6.45) is 0.654. The van der Waals surface area contributed by atoms with Crippen LogP contribution in [0.4, 0.5) is 11.4 Å². The van der Waals surface area contributed by atoms with E-state index in [1.165, 1.54) is 0 Å². The number of fused-ring (bicyclic) bond motifs is 2. The van der Waals surface area contributed by atoms with E-state index >= 15 is 0 Å². The SMILES string of the molecule is CC(=O)O.O=C(CCN1CCOCC1)Nc1ccc2c(c1)C(=O)c1ccc(NC(=O)CCN3CCOCC3)cc1C2=O. The number of morpholine rings is 2. The zero-order valence-corrected chi connectivity index (χ0v) is 23.6. The van der Waals surface area contributed by atoms with E-state index in [0.717, 1.165) is 33.1 Å². The van der Waals surface area contributed by atoms with Crippen molar-refractivity contribution in [3.63, 3.8) is 0 Å². The van der Waals surface area contributed by atoms with Crippen molar-refractivity contribution in [3.8, 4) is 0 Å². The van der Waals surface area contributed by atoms with Crippen molar-refractivity contribution < 1.29 is 38.6 Å². The summed E-state index contributed by atoms with van der Waals surface area (Å²) in [6, 6.07) is 9.55. The van der Waals surface area contributed by atoms with E-state index in [1.807, 2.05) is 0 Å². The molecule has 5 rings (SSSR count). The van der Waals surface area contributed by atoms with Crippen LogP contribution in [0.2, 0.25) is 0 Å². The first-order chi connectivity index (χ1) is 20.2. The van der Waals surface area contributed by atoms with E-state index in [0.29, 0.717) is 63.7 Å². The van der Waals surface area contributed by atoms with Gasteiger partial charge in [-0.3, -0.25) is 33.8 Å². The van der Waals surface area contributed by atoms with Crippen molar-refractivity contribution in [2.75, 3.05) is 76.3 Å². The zero-order chi connectivity index (χ0) is 30.1. The minimum Gasteiger partial charge on any atom is -0.481 e. The first kappa shape index (κ1) is 31.0. The van der Waals surface area contributed by atoms with Crippen LogP contribution in [0, 0.1) is 0 Å². The molecular formula is C30H36N4O8. The molecule has 12 nitrogen and oxygen atoms in total. The van der Waals surface area contributed by atoms with Gasteiger partial charge in [-0.15, -0.1) is 0 Å². The number of carbonyl (C=O) groups is 5. The number of rotatable bonds is 8. The molecule has 3 N–H and O–H groups in total. The number of carbonyl (C=O) groups excluding carboxylic acids is 4. The Hall–Kier alpha value is -3.97. The van der Waals surface area contributed by atoms with Gasteiger partial charge in [0.15, 0.2) is 11.6 Å². The number of anilines is 2. The number of benzene rings is 2. The Morgan fingerprint density at radius 1 is 0.690 bits per heavy atom. The average molecular weight is 581 g/mol. The second-order valence-electron chi connectivity index (χ2n) is 10.2. The Kier molecular flexibility index (Phi) is 10.9. The van der Waals surface area contributed by atoms with E-state index in [2.05, 4.69) is 20.4 Å². The van der Waals surface area contributed by atoms with Gasteiger partial charge in [0.05, 0.1) is 26.4 Å². The first-order valence-corrected chi connectivity index (χ1v) is 14.0. The number of carboxylic acids is 1. The molecule has 0 radical (unpaired) electrons. The molecular weight excluding hydrogens is 544 g/mol. The lowest BCUT2D eigenvalue weighted by Crippen LogP contribution is -2.38. The molecule has 0 unspecified atom stereocenters. The van der Waals surface area contributed by atoms with Crippen LogP contribution >= 0.6 is 0 Å². The number of aliphatic carboxylic acids is 1. The molecule has 0 aromatic heterocycles. The summed E-state index contributed by atoms with van der Waals surface area (Å²) in [6.45, 7) is 8.28. The minimum atomic E-state index is -0.833. The largest absolute Gasteiger partial charge is 0.481 e. The summed E-state index contributed by atoms with van der Waals surface area (Å²) in [5.41, 5.74) is 2.04. The predicted octanol–water partition coefficient (Wildman–Crippen LogP) is 1.87. The number of carboxylic acid groups (broad SMARTS) is 1. The van der Waals surface area contributed by atoms with Gasteiger partial charge in [0.25, 0.3) is 5.97 Å². The van der Waals surface area contributed by atoms with Crippen molar-refractivity contribution in [1.29, 1.82) is 0 Å². The molecule has 2 heterocycles. The lowest BCUT2D eigenvalue weighted by Gasteiger charge is -2.26. The number of amides is 2. The van der Waals surface area contributed by atoms with E-state index in [9.17, 15) is 19.2 Å². The molecule has 3 aliphatic rings. The highest BCUT2D eigenvalue weighted by atomic mass is 16.5. The second-order valence-corrected chi connectivity index (χ2v) is 10.2. The fourth-order valence-electron chi connectivity index (χ4n) is 4.92. The van der Waals surface area contributed by atoms with Gasteiger partial charge in [-0.2, -0.15) is 0 Å². The highest BCUT2D eigenvalue weighted by Crippen LogP contribution is 2.31. The summed E-state index contributed by atoms with van der Waals surface area (Å²) in [5, 5.41) is 13.1. The maximum Gasteiger partial charge on any atom is 0.300 e. The predicted molar refractivity (Wildman–Crippen MR) is 154 cm³/mol. The molecule has 2 aromatic carbocycles. The fourth-order valence-corrected chi connectivity index (χ4v) is 4.92. The van der Waals surface area contributed by atoms with E-state index in [1.54, 1.807) is 36.4 Å². The van der Waals surface area contributed by atoms with Crippen LogP contribution in [0.3, 0.4) is 0 Å². The summed E-state index contributed by atoms with van der Waals surface area (Å²) in [7, 11) is 0. The normalized spacial score (nSPS) is 16.9. The molecule has 2 amide bonds. The van der Waals surface area contributed by atoms with Crippen LogP contribution in [0.5, 0.6) is 0 Å². The maximum absolute atomic E-state index is 13.2. The molecule has 0 saturated carbocycles. The molecule has 2 aromatic rings. The highest BCUT2D eigenvalue weighted by molar-refractivity contribution is 6.29. The van der Waals surface area contributed by atoms with Gasteiger partial charge in [-0.1, -0.05) is 0 Å². The van der Waals surface area contributed by atoms with Crippen molar-refractivity contribution in [2.45, 2.75) is 19.8 Å². The van der Waals surface area contributed by atoms with Gasteiger partial charge < -0.3 is 25.2 Å². The third-order valence-electron chi connectivity index (χ3n) is 7.10. The van der Waals surface area contributed by atoms with Gasteiger partial charge in [0, 0.05) is 92.7 Å². The minimum absolute atomic E-state index is 0.152. The van der Waals surface area contributed by atoms with Crippen LogP contribution in [0.25, 0.3) is 0 Å². The van der Waals surface area contributed by atoms with Gasteiger partial charge in [0.2, 0.25) is 11.8 Å². The number of ketones is 2. The van der Waals surface area contributed by atoms with Gasteiger partial charge in [-0.25, -0.2) is 0 Å². The maximum atomic E-state index is 13.2. The van der Waals surface area contributed by atoms with Crippen molar-refractivity contribution >= 4 is 40.7 Å². The number of hydrogen-bond acceptors (Lipinski definition) is 9. The Labute approximate surface area is 243 Å². The third kappa shape index (κ3) is 8.52. The lowest BCUT2D eigenvalue weighted by molar-refractivity contribution is -0.134. The van der Waals surface area contributed by atoms with Crippen LogP contribution < -0.4 is 10.6 Å². The summed E-state index contributed by atoms with van der Waals surface area (Å²) < 4.78 is 10.7. The highest BCUT2D eigenvalue weighted by Gasteiger charge is 2.30. The van der Waals surface area contributed by atoms with Crippen molar-refractivity contribution in [1.82, 2.24) is 9.80 Å². The molecule has 42 heavy (non-hydrogen) atoms. The monoisotopic (exact) mass is 580 g/mol. The van der Waals surface area contributed by atoms with Gasteiger partial charge in [0.1, 0.15) is 0 Å². The molecule has 2 aliphatic heterocycles. The Morgan fingerprint density at radius 2 is 1.05 bits per heavy atom. The number of nitrogens with one attached hydrogen (secondary N) is 2. The summed E-state index contributed by atoms with van der Waals surface area (Å²) >= 11 is 0. The van der Waals surface area contributed by atoms with E-state index in [-0.39, 0.29) is 45.6 Å². The summed E-state index contributed by atoms with van der Waals surface area (Å²) in [5.74, 6) is -1.71. The number of nitrogens with zero attached hydrogens (tertiary/aromatic N) is 2.